The zero-order chi connectivity index (χ0) is 21.4. The van der Waals surface area contributed by atoms with Crippen LogP contribution in [0.2, 0.25) is 0 Å². The molecule has 3 aromatic carbocycles. The number of benzene rings is 3. The van der Waals surface area contributed by atoms with E-state index in [0.29, 0.717) is 10.6 Å². The molecular formula is C25H24NO3P. The van der Waals surface area contributed by atoms with Crippen LogP contribution in [0.1, 0.15) is 5.56 Å². The number of methoxy groups -OCH3 is 1. The predicted molar refractivity (Wildman–Crippen MR) is 123 cm³/mol. The van der Waals surface area contributed by atoms with Crippen molar-refractivity contribution in [2.24, 2.45) is 0 Å². The molecule has 0 aromatic heterocycles. The van der Waals surface area contributed by atoms with Gasteiger partial charge >= 0.3 is 5.97 Å². The first-order valence-electron chi connectivity index (χ1n) is 9.54. The average Bonchev–Trinajstić information content (AvgIpc) is 2.82. The number of carbonyl (C=O) groups excluding carboxylic acids is 1. The van der Waals surface area contributed by atoms with Crippen molar-refractivity contribution >= 4 is 29.9 Å². The van der Waals surface area contributed by atoms with Crippen molar-refractivity contribution in [2.75, 3.05) is 7.11 Å². The Hall–Kier alpha value is -3.20. The molecular weight excluding hydrogens is 393 g/mol. The number of rotatable bonds is 8. The minimum atomic E-state index is -3.28. The molecule has 3 rings (SSSR count). The summed E-state index contributed by atoms with van der Waals surface area (Å²) in [6.45, 7) is 3.90. The lowest BCUT2D eigenvalue weighted by atomic mass is 10.1. The maximum absolute atomic E-state index is 14.3. The van der Waals surface area contributed by atoms with Gasteiger partial charge in [-0.15, -0.1) is 0 Å². The van der Waals surface area contributed by atoms with Crippen molar-refractivity contribution in [1.82, 2.24) is 5.09 Å². The topological polar surface area (TPSA) is 55.4 Å². The number of hydrogen-bond donors (Lipinski definition) is 1. The van der Waals surface area contributed by atoms with Crippen molar-refractivity contribution < 1.29 is 14.1 Å². The first kappa shape index (κ1) is 21.5. The first-order chi connectivity index (χ1) is 14.5. The quantitative estimate of drug-likeness (QED) is 0.337. The van der Waals surface area contributed by atoms with Gasteiger partial charge in [-0.25, -0.2) is 9.88 Å². The Morgan fingerprint density at radius 3 is 1.83 bits per heavy atom. The van der Waals surface area contributed by atoms with Gasteiger partial charge in [-0.3, -0.25) is 4.57 Å². The van der Waals surface area contributed by atoms with E-state index in [1.54, 1.807) is 6.08 Å². The van der Waals surface area contributed by atoms with Crippen LogP contribution in [0.4, 0.5) is 0 Å². The molecule has 0 aliphatic heterocycles. The van der Waals surface area contributed by atoms with Crippen LogP contribution in [0, 0.1) is 0 Å². The highest BCUT2D eigenvalue weighted by Gasteiger charge is 2.31. The van der Waals surface area contributed by atoms with Gasteiger partial charge in [0.2, 0.25) is 7.29 Å². The van der Waals surface area contributed by atoms with Gasteiger partial charge in [-0.2, -0.15) is 0 Å². The van der Waals surface area contributed by atoms with Gasteiger partial charge in [0, 0.05) is 10.6 Å². The molecule has 5 heteroatoms. The van der Waals surface area contributed by atoms with Crippen LogP contribution in [0.25, 0.3) is 6.08 Å². The van der Waals surface area contributed by atoms with Crippen LogP contribution in [-0.2, 0) is 14.1 Å². The minimum absolute atomic E-state index is 0.178. The van der Waals surface area contributed by atoms with Gasteiger partial charge in [0.1, 0.15) is 0 Å². The summed E-state index contributed by atoms with van der Waals surface area (Å²) in [6, 6.07) is 27.4. The van der Waals surface area contributed by atoms with Gasteiger partial charge in [-0.1, -0.05) is 85.5 Å². The van der Waals surface area contributed by atoms with E-state index in [9.17, 15) is 9.36 Å². The lowest BCUT2D eigenvalue weighted by Gasteiger charge is -2.26. The Labute approximate surface area is 177 Å². The van der Waals surface area contributed by atoms with E-state index in [2.05, 4.69) is 11.7 Å². The summed E-state index contributed by atoms with van der Waals surface area (Å²) in [6.07, 6.45) is 3.65. The summed E-state index contributed by atoms with van der Waals surface area (Å²) in [5.41, 5.74) is 1.13. The molecule has 0 aliphatic carbocycles. The largest absolute Gasteiger partial charge is 0.466 e. The van der Waals surface area contributed by atoms with Crippen molar-refractivity contribution in [3.8, 4) is 0 Å². The molecule has 152 valence electrons. The van der Waals surface area contributed by atoms with Crippen LogP contribution in [-0.4, -0.2) is 19.1 Å². The molecule has 0 spiro atoms. The molecule has 3 aromatic rings. The highest BCUT2D eigenvalue weighted by Crippen LogP contribution is 2.40. The highest BCUT2D eigenvalue weighted by molar-refractivity contribution is 7.77. The van der Waals surface area contributed by atoms with Gasteiger partial charge in [-0.05, 0) is 29.8 Å². The zero-order valence-corrected chi connectivity index (χ0v) is 17.7. The second-order valence-corrected chi connectivity index (χ2v) is 9.18. The highest BCUT2D eigenvalue weighted by atomic mass is 31.2. The van der Waals surface area contributed by atoms with E-state index in [-0.39, 0.29) is 5.57 Å². The fraction of sp³-hybridized carbons (Fsp3) is 0.0800. The van der Waals surface area contributed by atoms with Crippen LogP contribution in [0.3, 0.4) is 0 Å². The molecule has 0 heterocycles. The van der Waals surface area contributed by atoms with Crippen LogP contribution >= 0.6 is 7.29 Å². The molecule has 0 bridgehead atoms. The third-order valence-corrected chi connectivity index (χ3v) is 7.36. The van der Waals surface area contributed by atoms with E-state index < -0.39 is 19.3 Å². The van der Waals surface area contributed by atoms with Crippen LogP contribution in [0.15, 0.2) is 109 Å². The van der Waals surface area contributed by atoms with Crippen LogP contribution < -0.4 is 15.7 Å². The van der Waals surface area contributed by atoms with E-state index in [1.807, 2.05) is 97.1 Å². The first-order valence-corrected chi connectivity index (χ1v) is 11.2. The minimum Gasteiger partial charge on any atom is -0.466 e. The number of ether oxygens (including phenoxy) is 1. The molecule has 0 amide bonds. The van der Waals surface area contributed by atoms with E-state index in [1.165, 1.54) is 7.11 Å². The van der Waals surface area contributed by atoms with Gasteiger partial charge in [0.05, 0.1) is 18.7 Å². The normalized spacial score (nSPS) is 12.4. The number of hydrogen-bond acceptors (Lipinski definition) is 3. The molecule has 1 atom stereocenters. The smallest absolute Gasteiger partial charge is 0.335 e. The Kier molecular flexibility index (Phi) is 7.18. The van der Waals surface area contributed by atoms with Crippen molar-refractivity contribution in [2.45, 2.75) is 6.04 Å². The SMILES string of the molecule is C=C(C(=O)OC)C(/C=C/c1ccccc1)NP(=O)(c1ccccc1)c1ccccc1. The van der Waals surface area contributed by atoms with Crippen LogP contribution in [0.5, 0.6) is 0 Å². The number of carbonyl (C=O) groups is 1. The number of esters is 1. The van der Waals surface area contributed by atoms with Gasteiger partial charge < -0.3 is 4.74 Å². The molecule has 0 aliphatic rings. The molecule has 0 fully saturated rings. The van der Waals surface area contributed by atoms with Crippen molar-refractivity contribution in [3.63, 3.8) is 0 Å². The molecule has 0 saturated heterocycles. The summed E-state index contributed by atoms with van der Waals surface area (Å²) in [4.78, 5) is 12.2. The van der Waals surface area contributed by atoms with E-state index in [0.717, 1.165) is 5.56 Å². The molecule has 4 nitrogen and oxygen atoms in total. The fourth-order valence-corrected chi connectivity index (χ4v) is 5.45. The fourth-order valence-electron chi connectivity index (χ4n) is 3.04. The monoisotopic (exact) mass is 417 g/mol. The second kappa shape index (κ2) is 10.0. The maximum Gasteiger partial charge on any atom is 0.335 e. The summed E-state index contributed by atoms with van der Waals surface area (Å²) >= 11 is 0. The lowest BCUT2D eigenvalue weighted by molar-refractivity contribution is -0.136. The van der Waals surface area contributed by atoms with Crippen molar-refractivity contribution in [3.05, 3.63) is 115 Å². The molecule has 1 N–H and O–H groups in total. The third kappa shape index (κ3) is 5.04. The second-order valence-electron chi connectivity index (χ2n) is 6.67. The molecule has 1 unspecified atom stereocenters. The Morgan fingerprint density at radius 2 is 1.37 bits per heavy atom. The van der Waals surface area contributed by atoms with E-state index in [4.69, 9.17) is 4.74 Å². The van der Waals surface area contributed by atoms with Crippen molar-refractivity contribution in [1.29, 1.82) is 0 Å². The Bertz CT molecular complexity index is 1020. The summed E-state index contributed by atoms with van der Waals surface area (Å²) in [7, 11) is -1.97. The Morgan fingerprint density at radius 1 is 0.900 bits per heavy atom. The summed E-state index contributed by atoms with van der Waals surface area (Å²) in [5.74, 6) is -0.558. The third-order valence-electron chi connectivity index (χ3n) is 4.66. The average molecular weight is 417 g/mol. The molecule has 0 radical (unpaired) electrons. The lowest BCUT2D eigenvalue weighted by Crippen LogP contribution is -2.37. The standard InChI is InChI=1S/C25H24NO3P/c1-20(25(27)29-2)24(19-18-21-12-6-3-7-13-21)26-30(28,22-14-8-4-9-15-22)23-16-10-5-11-17-23/h3-19,24H,1H2,2H3,(H,26,28)/b19-18+. The Balaban J connectivity index is 2.04. The maximum atomic E-state index is 14.3. The van der Waals surface area contributed by atoms with E-state index >= 15 is 0 Å². The summed E-state index contributed by atoms with van der Waals surface area (Å²) < 4.78 is 19.2. The van der Waals surface area contributed by atoms with Gasteiger partial charge in [0.15, 0.2) is 0 Å². The molecule has 30 heavy (non-hydrogen) atoms. The molecule has 0 saturated carbocycles. The summed E-state index contributed by atoms with van der Waals surface area (Å²) in [5, 5.41) is 4.51. The van der Waals surface area contributed by atoms with Gasteiger partial charge in [0.25, 0.3) is 0 Å². The number of nitrogens with one attached hydrogen (secondary N) is 1. The zero-order valence-electron chi connectivity index (χ0n) is 16.8. The predicted octanol–water partition coefficient (Wildman–Crippen LogP) is 4.32.